The summed E-state index contributed by atoms with van der Waals surface area (Å²) in [5, 5.41) is 13.8. The Hall–Kier alpha value is -2.63. The maximum Gasteiger partial charge on any atom is 0.228 e. The SMILES string of the molecule is COc1ccccc1Nc1ccc(NC(=O)C(C)C)nn1. The topological polar surface area (TPSA) is 76.1 Å². The van der Waals surface area contributed by atoms with E-state index in [1.54, 1.807) is 19.2 Å². The third-order valence-electron chi connectivity index (χ3n) is 2.81. The molecule has 2 N–H and O–H groups in total. The molecule has 0 aliphatic rings. The summed E-state index contributed by atoms with van der Waals surface area (Å²) >= 11 is 0. The predicted octanol–water partition coefficient (Wildman–Crippen LogP) is 2.82. The summed E-state index contributed by atoms with van der Waals surface area (Å²) in [7, 11) is 1.61. The van der Waals surface area contributed by atoms with Crippen molar-refractivity contribution >= 4 is 23.2 Å². The zero-order valence-electron chi connectivity index (χ0n) is 12.3. The van der Waals surface area contributed by atoms with E-state index >= 15 is 0 Å². The van der Waals surface area contributed by atoms with Crippen molar-refractivity contribution in [2.24, 2.45) is 5.92 Å². The van der Waals surface area contributed by atoms with E-state index in [0.717, 1.165) is 11.4 Å². The molecule has 0 unspecified atom stereocenters. The van der Waals surface area contributed by atoms with E-state index in [0.29, 0.717) is 11.6 Å². The molecule has 1 amide bonds. The van der Waals surface area contributed by atoms with Gasteiger partial charge in [0.25, 0.3) is 0 Å². The number of methoxy groups -OCH3 is 1. The Morgan fingerprint density at radius 2 is 1.76 bits per heavy atom. The van der Waals surface area contributed by atoms with Crippen molar-refractivity contribution in [3.05, 3.63) is 36.4 Å². The number of anilines is 3. The molecular formula is C15H18N4O2. The lowest BCUT2D eigenvalue weighted by Gasteiger charge is -2.10. The van der Waals surface area contributed by atoms with E-state index in [9.17, 15) is 4.79 Å². The minimum absolute atomic E-state index is 0.0882. The maximum absolute atomic E-state index is 11.6. The van der Waals surface area contributed by atoms with Crippen LogP contribution in [-0.4, -0.2) is 23.2 Å². The van der Waals surface area contributed by atoms with Crippen LogP contribution in [0.3, 0.4) is 0 Å². The number of aromatic nitrogens is 2. The first-order chi connectivity index (χ1) is 10.1. The van der Waals surface area contributed by atoms with Gasteiger partial charge in [-0.2, -0.15) is 0 Å². The summed E-state index contributed by atoms with van der Waals surface area (Å²) in [4.78, 5) is 11.6. The molecule has 0 aliphatic carbocycles. The molecule has 110 valence electrons. The lowest BCUT2D eigenvalue weighted by Crippen LogP contribution is -2.18. The minimum atomic E-state index is -0.0989. The van der Waals surface area contributed by atoms with Crippen molar-refractivity contribution in [2.45, 2.75) is 13.8 Å². The van der Waals surface area contributed by atoms with Crippen LogP contribution in [0.25, 0.3) is 0 Å². The molecule has 2 rings (SSSR count). The number of ether oxygens (including phenoxy) is 1. The van der Waals surface area contributed by atoms with Gasteiger partial charge in [-0.05, 0) is 24.3 Å². The molecule has 0 saturated carbocycles. The first-order valence-corrected chi connectivity index (χ1v) is 6.65. The van der Waals surface area contributed by atoms with Gasteiger partial charge in [-0.15, -0.1) is 10.2 Å². The number of hydrogen-bond acceptors (Lipinski definition) is 5. The van der Waals surface area contributed by atoms with Crippen molar-refractivity contribution < 1.29 is 9.53 Å². The normalized spacial score (nSPS) is 10.3. The third kappa shape index (κ3) is 3.92. The summed E-state index contributed by atoms with van der Waals surface area (Å²) in [6, 6.07) is 11.0. The highest BCUT2D eigenvalue weighted by molar-refractivity contribution is 5.91. The second-order valence-corrected chi connectivity index (χ2v) is 4.77. The first kappa shape index (κ1) is 14.8. The van der Waals surface area contributed by atoms with Crippen LogP contribution >= 0.6 is 0 Å². The van der Waals surface area contributed by atoms with Gasteiger partial charge in [0.1, 0.15) is 5.75 Å². The molecule has 1 heterocycles. The highest BCUT2D eigenvalue weighted by Gasteiger charge is 2.08. The van der Waals surface area contributed by atoms with E-state index < -0.39 is 0 Å². The van der Waals surface area contributed by atoms with Gasteiger partial charge in [-0.25, -0.2) is 0 Å². The molecule has 1 aromatic carbocycles. The average molecular weight is 286 g/mol. The number of para-hydroxylation sites is 2. The summed E-state index contributed by atoms with van der Waals surface area (Å²) < 4.78 is 5.25. The number of hydrogen-bond donors (Lipinski definition) is 2. The Kier molecular flexibility index (Phi) is 4.71. The van der Waals surface area contributed by atoms with Gasteiger partial charge in [0, 0.05) is 5.92 Å². The standard InChI is InChI=1S/C15H18N4O2/c1-10(2)15(20)17-14-9-8-13(18-19-14)16-11-6-4-5-7-12(11)21-3/h4-10H,1-3H3,(H,16,18)(H,17,19,20). The zero-order chi connectivity index (χ0) is 15.2. The number of carbonyl (C=O) groups excluding carboxylic acids is 1. The average Bonchev–Trinajstić information content (AvgIpc) is 2.49. The van der Waals surface area contributed by atoms with Crippen LogP contribution in [0.4, 0.5) is 17.3 Å². The molecule has 0 radical (unpaired) electrons. The Bertz CT molecular complexity index is 611. The Morgan fingerprint density at radius 1 is 1.10 bits per heavy atom. The lowest BCUT2D eigenvalue weighted by atomic mass is 10.2. The monoisotopic (exact) mass is 286 g/mol. The second-order valence-electron chi connectivity index (χ2n) is 4.77. The summed E-state index contributed by atoms with van der Waals surface area (Å²) in [6.45, 7) is 3.64. The molecular weight excluding hydrogens is 268 g/mol. The van der Waals surface area contributed by atoms with Gasteiger partial charge < -0.3 is 15.4 Å². The van der Waals surface area contributed by atoms with E-state index in [1.807, 2.05) is 38.1 Å². The molecule has 0 saturated heterocycles. The van der Waals surface area contributed by atoms with Crippen LogP contribution < -0.4 is 15.4 Å². The van der Waals surface area contributed by atoms with E-state index in [-0.39, 0.29) is 11.8 Å². The second kappa shape index (κ2) is 6.69. The highest BCUT2D eigenvalue weighted by atomic mass is 16.5. The molecule has 0 spiro atoms. The van der Waals surface area contributed by atoms with Gasteiger partial charge in [0.05, 0.1) is 12.8 Å². The van der Waals surface area contributed by atoms with Crippen molar-refractivity contribution in [2.75, 3.05) is 17.7 Å². The van der Waals surface area contributed by atoms with Gasteiger partial charge in [0.2, 0.25) is 5.91 Å². The molecule has 1 aromatic heterocycles. The molecule has 21 heavy (non-hydrogen) atoms. The van der Waals surface area contributed by atoms with Crippen molar-refractivity contribution in [1.29, 1.82) is 0 Å². The summed E-state index contributed by atoms with van der Waals surface area (Å²) in [6.07, 6.45) is 0. The highest BCUT2D eigenvalue weighted by Crippen LogP contribution is 2.25. The van der Waals surface area contributed by atoms with Crippen LogP contribution in [0.15, 0.2) is 36.4 Å². The van der Waals surface area contributed by atoms with Crippen LogP contribution in [0, 0.1) is 5.92 Å². The molecule has 0 bridgehead atoms. The van der Waals surface area contributed by atoms with Gasteiger partial charge in [0.15, 0.2) is 11.6 Å². The molecule has 0 atom stereocenters. The fourth-order valence-corrected chi connectivity index (χ4v) is 1.62. The Morgan fingerprint density at radius 3 is 2.38 bits per heavy atom. The number of amides is 1. The van der Waals surface area contributed by atoms with Crippen molar-refractivity contribution in [3.8, 4) is 5.75 Å². The summed E-state index contributed by atoms with van der Waals surface area (Å²) in [5.41, 5.74) is 0.799. The minimum Gasteiger partial charge on any atom is -0.495 e. The number of nitrogens with zero attached hydrogens (tertiary/aromatic N) is 2. The molecule has 2 aromatic rings. The van der Waals surface area contributed by atoms with Crippen LogP contribution in [0.5, 0.6) is 5.75 Å². The first-order valence-electron chi connectivity index (χ1n) is 6.65. The fraction of sp³-hybridized carbons (Fsp3) is 0.267. The van der Waals surface area contributed by atoms with Gasteiger partial charge in [-0.1, -0.05) is 26.0 Å². The smallest absolute Gasteiger partial charge is 0.228 e. The molecule has 6 nitrogen and oxygen atoms in total. The number of rotatable bonds is 5. The molecule has 6 heteroatoms. The van der Waals surface area contributed by atoms with Crippen LogP contribution in [0.2, 0.25) is 0 Å². The predicted molar refractivity (Wildman–Crippen MR) is 81.8 cm³/mol. The number of carbonyl (C=O) groups is 1. The van der Waals surface area contributed by atoms with Crippen molar-refractivity contribution in [3.63, 3.8) is 0 Å². The van der Waals surface area contributed by atoms with E-state index in [4.69, 9.17) is 4.74 Å². The van der Waals surface area contributed by atoms with Crippen LogP contribution in [0.1, 0.15) is 13.8 Å². The third-order valence-corrected chi connectivity index (χ3v) is 2.81. The van der Waals surface area contributed by atoms with Gasteiger partial charge >= 0.3 is 0 Å². The van der Waals surface area contributed by atoms with Gasteiger partial charge in [-0.3, -0.25) is 4.79 Å². The quantitative estimate of drug-likeness (QED) is 0.884. The fourth-order valence-electron chi connectivity index (χ4n) is 1.62. The zero-order valence-corrected chi connectivity index (χ0v) is 12.3. The molecule has 0 aliphatic heterocycles. The largest absolute Gasteiger partial charge is 0.495 e. The van der Waals surface area contributed by atoms with Crippen molar-refractivity contribution in [1.82, 2.24) is 10.2 Å². The van der Waals surface area contributed by atoms with E-state index in [2.05, 4.69) is 20.8 Å². The van der Waals surface area contributed by atoms with E-state index in [1.165, 1.54) is 0 Å². The van der Waals surface area contributed by atoms with Crippen LogP contribution in [-0.2, 0) is 4.79 Å². The lowest BCUT2D eigenvalue weighted by molar-refractivity contribution is -0.118. The molecule has 0 fully saturated rings. The number of benzene rings is 1. The Labute approximate surface area is 123 Å². The number of nitrogens with one attached hydrogen (secondary N) is 2. The Balaban J connectivity index is 2.07. The maximum atomic E-state index is 11.6. The summed E-state index contributed by atoms with van der Waals surface area (Å²) in [5.74, 6) is 1.53.